The number of ether oxygens (including phenoxy) is 1. The molecular weight excluding hydrogens is 224 g/mol. The van der Waals surface area contributed by atoms with Gasteiger partial charge < -0.3 is 10.5 Å². The lowest BCUT2D eigenvalue weighted by molar-refractivity contribution is 0.406. The summed E-state index contributed by atoms with van der Waals surface area (Å²) < 4.78 is 30.7. The number of hydrogen-bond donors (Lipinski definition) is 2. The zero-order chi connectivity index (χ0) is 10.6. The van der Waals surface area contributed by atoms with Crippen LogP contribution in [0.5, 0.6) is 5.75 Å². The van der Waals surface area contributed by atoms with E-state index >= 15 is 0 Å². The summed E-state index contributed by atoms with van der Waals surface area (Å²) in [7, 11) is -2.02. The van der Waals surface area contributed by atoms with Crippen LogP contribution in [0.15, 0.2) is 15.7 Å². The van der Waals surface area contributed by atoms with E-state index in [2.05, 4.69) is 4.72 Å². The van der Waals surface area contributed by atoms with Crippen LogP contribution in [0, 0.1) is 0 Å². The third-order valence-corrected chi connectivity index (χ3v) is 4.40. The molecule has 5 nitrogen and oxygen atoms in total. The quantitative estimate of drug-likeness (QED) is 0.753. The number of nitrogens with one attached hydrogen (secondary N) is 1. The molecule has 1 aromatic heterocycles. The van der Waals surface area contributed by atoms with Crippen LogP contribution >= 0.6 is 11.3 Å². The van der Waals surface area contributed by atoms with Crippen LogP contribution in [0.4, 0.5) is 0 Å². The highest BCUT2D eigenvalue weighted by Gasteiger charge is 2.19. The highest BCUT2D eigenvalue weighted by molar-refractivity contribution is 7.91. The van der Waals surface area contributed by atoms with Gasteiger partial charge in [-0.1, -0.05) is 0 Å². The van der Waals surface area contributed by atoms with Crippen molar-refractivity contribution >= 4 is 21.4 Å². The number of sulfonamides is 1. The van der Waals surface area contributed by atoms with Crippen LogP contribution in [0.25, 0.3) is 0 Å². The first kappa shape index (κ1) is 11.4. The molecule has 0 amide bonds. The Bertz CT molecular complexity index is 385. The van der Waals surface area contributed by atoms with Crippen molar-refractivity contribution < 1.29 is 13.2 Å². The van der Waals surface area contributed by atoms with Gasteiger partial charge in [0.15, 0.2) is 4.21 Å². The second kappa shape index (κ2) is 4.74. The third kappa shape index (κ3) is 2.44. The summed E-state index contributed by atoms with van der Waals surface area (Å²) in [6, 6.07) is 1.61. The summed E-state index contributed by atoms with van der Waals surface area (Å²) in [6.07, 6.45) is 0. The maximum absolute atomic E-state index is 11.6. The van der Waals surface area contributed by atoms with E-state index in [9.17, 15) is 8.42 Å². The lowest BCUT2D eigenvalue weighted by atomic mass is 10.6. The van der Waals surface area contributed by atoms with Gasteiger partial charge in [-0.25, -0.2) is 13.1 Å². The van der Waals surface area contributed by atoms with Gasteiger partial charge in [-0.2, -0.15) is 0 Å². The summed E-state index contributed by atoms with van der Waals surface area (Å²) in [5.41, 5.74) is 5.20. The fourth-order valence-corrected chi connectivity index (χ4v) is 3.26. The van der Waals surface area contributed by atoms with Gasteiger partial charge >= 0.3 is 0 Å². The normalized spacial score (nSPS) is 11.6. The molecule has 0 aliphatic carbocycles. The topological polar surface area (TPSA) is 81.4 Å². The first-order valence-corrected chi connectivity index (χ1v) is 6.29. The number of rotatable bonds is 5. The Hall–Kier alpha value is -0.630. The molecule has 0 aliphatic heterocycles. The molecule has 0 aliphatic rings. The molecule has 3 N–H and O–H groups in total. The Morgan fingerprint density at radius 3 is 2.93 bits per heavy atom. The van der Waals surface area contributed by atoms with Gasteiger partial charge in [-0.05, 0) is 11.4 Å². The van der Waals surface area contributed by atoms with E-state index in [-0.39, 0.29) is 17.3 Å². The molecule has 7 heteroatoms. The molecule has 0 saturated carbocycles. The summed E-state index contributed by atoms with van der Waals surface area (Å²) >= 11 is 1.12. The van der Waals surface area contributed by atoms with Gasteiger partial charge in [0.2, 0.25) is 0 Å². The second-order valence-electron chi connectivity index (χ2n) is 2.46. The maximum Gasteiger partial charge on any atom is 0.253 e. The average molecular weight is 236 g/mol. The minimum Gasteiger partial charge on any atom is -0.494 e. The Labute approximate surface area is 86.9 Å². The number of hydrogen-bond acceptors (Lipinski definition) is 5. The Morgan fingerprint density at radius 2 is 2.36 bits per heavy atom. The Morgan fingerprint density at radius 1 is 1.64 bits per heavy atom. The van der Waals surface area contributed by atoms with Crippen LogP contribution in [-0.4, -0.2) is 28.6 Å². The van der Waals surface area contributed by atoms with Gasteiger partial charge in [0, 0.05) is 13.1 Å². The van der Waals surface area contributed by atoms with Crippen LogP contribution < -0.4 is 15.2 Å². The van der Waals surface area contributed by atoms with Crippen LogP contribution in [-0.2, 0) is 10.0 Å². The van der Waals surface area contributed by atoms with Gasteiger partial charge in [0.05, 0.1) is 7.11 Å². The molecule has 0 spiro atoms. The van der Waals surface area contributed by atoms with Crippen LogP contribution in [0.3, 0.4) is 0 Å². The number of nitrogens with two attached hydrogens (primary N) is 1. The largest absolute Gasteiger partial charge is 0.494 e. The average Bonchev–Trinajstić information content (AvgIpc) is 2.63. The molecule has 1 heterocycles. The predicted octanol–water partition coefficient (Wildman–Crippen LogP) is -0.00630. The van der Waals surface area contributed by atoms with Crippen molar-refractivity contribution in [1.82, 2.24) is 4.72 Å². The van der Waals surface area contributed by atoms with Crippen molar-refractivity contribution in [1.29, 1.82) is 0 Å². The summed E-state index contributed by atoms with van der Waals surface area (Å²) in [5.74, 6) is 0.361. The third-order valence-electron chi connectivity index (χ3n) is 1.50. The van der Waals surface area contributed by atoms with Crippen molar-refractivity contribution in [2.24, 2.45) is 5.73 Å². The molecule has 1 rings (SSSR count). The molecule has 1 aromatic rings. The van der Waals surface area contributed by atoms with Crippen molar-refractivity contribution in [3.05, 3.63) is 11.4 Å². The Kier molecular flexibility index (Phi) is 3.87. The Balaban J connectivity index is 2.92. The standard InChI is InChI=1S/C7H12N2O3S2/c1-12-6-2-5-13-7(6)14(10,11)9-4-3-8/h2,5,9H,3-4,8H2,1H3. The van der Waals surface area contributed by atoms with Crippen molar-refractivity contribution in [2.75, 3.05) is 20.2 Å². The molecule has 80 valence electrons. The zero-order valence-electron chi connectivity index (χ0n) is 7.69. The highest BCUT2D eigenvalue weighted by Crippen LogP contribution is 2.28. The summed E-state index contributed by atoms with van der Waals surface area (Å²) in [6.45, 7) is 0.496. The first-order chi connectivity index (χ1) is 6.61. The van der Waals surface area contributed by atoms with Crippen molar-refractivity contribution in [3.63, 3.8) is 0 Å². The van der Waals surface area contributed by atoms with E-state index in [4.69, 9.17) is 10.5 Å². The number of methoxy groups -OCH3 is 1. The molecule has 0 fully saturated rings. The number of thiophene rings is 1. The molecular formula is C7H12N2O3S2. The van der Waals surface area contributed by atoms with Crippen molar-refractivity contribution in [3.8, 4) is 5.75 Å². The van der Waals surface area contributed by atoms with E-state index in [1.165, 1.54) is 7.11 Å². The fraction of sp³-hybridized carbons (Fsp3) is 0.429. The van der Waals surface area contributed by atoms with Crippen LogP contribution in [0.2, 0.25) is 0 Å². The van der Waals surface area contributed by atoms with Crippen LogP contribution in [0.1, 0.15) is 0 Å². The summed E-state index contributed by atoms with van der Waals surface area (Å²) in [5, 5.41) is 1.66. The minimum atomic E-state index is -3.46. The summed E-state index contributed by atoms with van der Waals surface area (Å²) in [4.78, 5) is 0. The fourth-order valence-electron chi connectivity index (χ4n) is 0.890. The molecule has 14 heavy (non-hydrogen) atoms. The van der Waals surface area contributed by atoms with E-state index in [1.54, 1.807) is 11.4 Å². The first-order valence-electron chi connectivity index (χ1n) is 3.93. The van der Waals surface area contributed by atoms with E-state index < -0.39 is 10.0 Å². The molecule has 0 unspecified atom stereocenters. The molecule has 0 atom stereocenters. The van der Waals surface area contributed by atoms with Gasteiger partial charge in [-0.3, -0.25) is 0 Å². The molecule has 0 aromatic carbocycles. The molecule has 0 radical (unpaired) electrons. The van der Waals surface area contributed by atoms with Crippen molar-refractivity contribution in [2.45, 2.75) is 4.21 Å². The second-order valence-corrected chi connectivity index (χ2v) is 5.34. The molecule has 0 bridgehead atoms. The van der Waals surface area contributed by atoms with E-state index in [1.807, 2.05) is 0 Å². The monoisotopic (exact) mass is 236 g/mol. The van der Waals surface area contributed by atoms with Gasteiger partial charge in [0.25, 0.3) is 10.0 Å². The predicted molar refractivity (Wildman–Crippen MR) is 55.1 cm³/mol. The maximum atomic E-state index is 11.6. The van der Waals surface area contributed by atoms with E-state index in [0.29, 0.717) is 5.75 Å². The lowest BCUT2D eigenvalue weighted by Gasteiger charge is -2.04. The highest BCUT2D eigenvalue weighted by atomic mass is 32.2. The van der Waals surface area contributed by atoms with E-state index in [0.717, 1.165) is 11.3 Å². The lowest BCUT2D eigenvalue weighted by Crippen LogP contribution is -2.28. The minimum absolute atomic E-state index is 0.188. The SMILES string of the molecule is COc1ccsc1S(=O)(=O)NCCN. The van der Waals surface area contributed by atoms with Gasteiger partial charge in [0.1, 0.15) is 5.75 Å². The van der Waals surface area contributed by atoms with Gasteiger partial charge in [-0.15, -0.1) is 11.3 Å². The molecule has 0 saturated heterocycles. The smallest absolute Gasteiger partial charge is 0.253 e. The zero-order valence-corrected chi connectivity index (χ0v) is 9.32.